The van der Waals surface area contributed by atoms with Crippen LogP contribution in [0.2, 0.25) is 0 Å². The van der Waals surface area contributed by atoms with Crippen LogP contribution in [0, 0.1) is 6.92 Å². The fraction of sp³-hybridized carbons (Fsp3) is 0.185. The maximum atomic E-state index is 14.7. The number of sulfonamides is 1. The summed E-state index contributed by atoms with van der Waals surface area (Å²) in [6.45, 7) is 1.57. The Hall–Kier alpha value is -4.52. The fourth-order valence-electron chi connectivity index (χ4n) is 4.87. The molecule has 13 heteroatoms. The standard InChI is InChI=1S/C27H20F3N5O4S/c1-15-19(10-5-11-31-15)23-22(27(28,29)30)24-33-26(32-23)34-40(37,38)18-8-4-7-16(12-18)25(36)35-13-17-6-2-3-9-20(17)21(14-35)39-24/h2-12,21H,13-14H2,1H3,(H,32,33,34). The molecule has 0 spiro atoms. The van der Waals surface area contributed by atoms with E-state index >= 15 is 0 Å². The summed E-state index contributed by atoms with van der Waals surface area (Å²) in [5, 5.41) is 0. The van der Waals surface area contributed by atoms with Gasteiger partial charge in [0.2, 0.25) is 11.8 Å². The van der Waals surface area contributed by atoms with Crippen molar-refractivity contribution in [3.05, 3.63) is 94.8 Å². The number of rotatable bonds is 1. The Morgan fingerprint density at radius 3 is 2.62 bits per heavy atom. The number of amides is 1. The molecule has 6 bridgehead atoms. The summed E-state index contributed by atoms with van der Waals surface area (Å²) < 4.78 is 78.8. The normalized spacial score (nSPS) is 17.9. The summed E-state index contributed by atoms with van der Waals surface area (Å²) in [5.74, 6) is -2.00. The van der Waals surface area contributed by atoms with Gasteiger partial charge in [0.05, 0.1) is 17.1 Å². The molecule has 1 unspecified atom stereocenters. The van der Waals surface area contributed by atoms with Crippen molar-refractivity contribution in [3.63, 3.8) is 0 Å². The number of aryl methyl sites for hydroxylation is 1. The van der Waals surface area contributed by atoms with E-state index in [9.17, 15) is 26.4 Å². The summed E-state index contributed by atoms with van der Waals surface area (Å²) in [6, 6.07) is 15.1. The van der Waals surface area contributed by atoms with Crippen molar-refractivity contribution in [1.29, 1.82) is 0 Å². The third-order valence-electron chi connectivity index (χ3n) is 6.73. The number of alkyl halides is 3. The van der Waals surface area contributed by atoms with E-state index < -0.39 is 51.3 Å². The minimum absolute atomic E-state index is 0.0229. The van der Waals surface area contributed by atoms with E-state index in [-0.39, 0.29) is 34.8 Å². The Balaban J connectivity index is 1.65. The predicted molar refractivity (Wildman–Crippen MR) is 137 cm³/mol. The van der Waals surface area contributed by atoms with Gasteiger partial charge in [-0.2, -0.15) is 18.2 Å². The maximum Gasteiger partial charge on any atom is 0.423 e. The lowest BCUT2D eigenvalue weighted by atomic mass is 9.96. The number of hydrogen-bond acceptors (Lipinski definition) is 7. The molecule has 2 aromatic carbocycles. The Bertz CT molecular complexity index is 1780. The molecule has 2 aliphatic heterocycles. The minimum Gasteiger partial charge on any atom is -0.467 e. The Morgan fingerprint density at radius 2 is 1.85 bits per heavy atom. The van der Waals surface area contributed by atoms with Crippen molar-refractivity contribution in [1.82, 2.24) is 19.9 Å². The highest BCUT2D eigenvalue weighted by molar-refractivity contribution is 7.92. The molecule has 4 heterocycles. The zero-order valence-electron chi connectivity index (χ0n) is 20.8. The number of carbonyl (C=O) groups is 1. The highest BCUT2D eigenvalue weighted by Crippen LogP contribution is 2.44. The molecular formula is C27H20F3N5O4S. The van der Waals surface area contributed by atoms with Gasteiger partial charge in [-0.05, 0) is 48.4 Å². The van der Waals surface area contributed by atoms with Gasteiger partial charge >= 0.3 is 6.18 Å². The first-order valence-electron chi connectivity index (χ1n) is 12.1. The predicted octanol–water partition coefficient (Wildman–Crippen LogP) is 4.76. The summed E-state index contributed by atoms with van der Waals surface area (Å²) >= 11 is 0. The van der Waals surface area contributed by atoms with E-state index in [1.54, 1.807) is 24.3 Å². The molecule has 0 saturated carbocycles. The molecule has 0 fully saturated rings. The van der Waals surface area contributed by atoms with Crippen LogP contribution in [0.3, 0.4) is 0 Å². The first kappa shape index (κ1) is 25.7. The number of aromatic nitrogens is 3. The number of ether oxygens (including phenoxy) is 1. The zero-order chi connectivity index (χ0) is 28.2. The van der Waals surface area contributed by atoms with Gasteiger partial charge in [0.1, 0.15) is 11.7 Å². The van der Waals surface area contributed by atoms with E-state index in [1.165, 1.54) is 54.4 Å². The molecule has 1 atom stereocenters. The quantitative estimate of drug-likeness (QED) is 0.353. The summed E-state index contributed by atoms with van der Waals surface area (Å²) in [6.07, 6.45) is -4.61. The molecular weight excluding hydrogens is 547 g/mol. The highest BCUT2D eigenvalue weighted by Gasteiger charge is 2.42. The second-order valence-electron chi connectivity index (χ2n) is 9.33. The van der Waals surface area contributed by atoms with Crippen LogP contribution in [0.1, 0.15) is 38.8 Å². The van der Waals surface area contributed by atoms with E-state index in [0.717, 1.165) is 0 Å². The number of anilines is 1. The van der Waals surface area contributed by atoms with Gasteiger partial charge in [-0.1, -0.05) is 30.3 Å². The van der Waals surface area contributed by atoms with Crippen molar-refractivity contribution in [2.45, 2.75) is 30.6 Å². The van der Waals surface area contributed by atoms with Gasteiger partial charge in [0.15, 0.2) is 0 Å². The monoisotopic (exact) mass is 567 g/mol. The molecule has 1 N–H and O–H groups in total. The maximum absolute atomic E-state index is 14.7. The first-order valence-corrected chi connectivity index (χ1v) is 13.6. The lowest BCUT2D eigenvalue weighted by molar-refractivity contribution is -0.139. The van der Waals surface area contributed by atoms with Gasteiger partial charge < -0.3 is 9.64 Å². The van der Waals surface area contributed by atoms with Crippen LogP contribution in [0.4, 0.5) is 19.1 Å². The number of nitrogens with zero attached hydrogens (tertiary/aromatic N) is 4. The number of nitrogens with one attached hydrogen (secondary N) is 1. The average Bonchev–Trinajstić information content (AvgIpc) is 2.91. The van der Waals surface area contributed by atoms with Crippen LogP contribution in [-0.2, 0) is 22.7 Å². The third kappa shape index (κ3) is 4.51. The molecule has 204 valence electrons. The van der Waals surface area contributed by atoms with E-state index in [0.29, 0.717) is 11.1 Å². The van der Waals surface area contributed by atoms with Gasteiger partial charge in [-0.3, -0.25) is 9.78 Å². The number of fused-ring (bicyclic) bond motifs is 8. The highest BCUT2D eigenvalue weighted by atomic mass is 32.2. The summed E-state index contributed by atoms with van der Waals surface area (Å²) in [7, 11) is -4.41. The molecule has 2 aliphatic rings. The summed E-state index contributed by atoms with van der Waals surface area (Å²) in [5.41, 5.74) is -0.273. The van der Waals surface area contributed by atoms with Crippen molar-refractivity contribution in [2.75, 3.05) is 11.3 Å². The SMILES string of the molecule is Cc1ncccc1-c1nc2nc(c1C(F)(F)F)OC1CN(Cc3ccccc31)C(=O)c1cccc(c1)S(=O)(=O)N2. The number of carbonyl (C=O) groups excluding carboxylic acids is 1. The van der Waals surface area contributed by atoms with Crippen LogP contribution < -0.4 is 9.46 Å². The van der Waals surface area contributed by atoms with Crippen LogP contribution in [0.5, 0.6) is 5.88 Å². The number of pyridine rings is 1. The molecule has 0 saturated heterocycles. The fourth-order valence-corrected chi connectivity index (χ4v) is 5.85. The second-order valence-corrected chi connectivity index (χ2v) is 11.0. The largest absolute Gasteiger partial charge is 0.467 e. The van der Waals surface area contributed by atoms with Crippen LogP contribution in [-0.4, -0.2) is 40.7 Å². The molecule has 0 radical (unpaired) electrons. The Morgan fingerprint density at radius 1 is 1.05 bits per heavy atom. The van der Waals surface area contributed by atoms with Crippen LogP contribution in [0.15, 0.2) is 71.8 Å². The first-order chi connectivity index (χ1) is 19.0. The van der Waals surface area contributed by atoms with Crippen molar-refractivity contribution >= 4 is 21.9 Å². The lowest BCUT2D eigenvalue weighted by Gasteiger charge is -2.35. The molecule has 40 heavy (non-hydrogen) atoms. The Kier molecular flexibility index (Phi) is 5.98. The molecule has 6 rings (SSSR count). The van der Waals surface area contributed by atoms with E-state index in [4.69, 9.17) is 4.74 Å². The Labute approximate surface area is 226 Å². The lowest BCUT2D eigenvalue weighted by Crippen LogP contribution is -2.40. The average molecular weight is 568 g/mol. The van der Waals surface area contributed by atoms with Gasteiger partial charge in [0.25, 0.3) is 15.9 Å². The second kappa shape index (κ2) is 9.30. The zero-order valence-corrected chi connectivity index (χ0v) is 21.6. The van der Waals surface area contributed by atoms with Crippen molar-refractivity contribution in [3.8, 4) is 17.1 Å². The van der Waals surface area contributed by atoms with Crippen LogP contribution in [0.25, 0.3) is 11.3 Å². The number of benzene rings is 2. The third-order valence-corrected chi connectivity index (χ3v) is 8.05. The van der Waals surface area contributed by atoms with E-state index in [2.05, 4.69) is 19.7 Å². The van der Waals surface area contributed by atoms with Gasteiger partial charge in [-0.15, -0.1) is 0 Å². The molecule has 2 aromatic heterocycles. The van der Waals surface area contributed by atoms with Crippen molar-refractivity contribution < 1.29 is 31.1 Å². The number of hydrogen-bond donors (Lipinski definition) is 1. The van der Waals surface area contributed by atoms with E-state index in [1.807, 2.05) is 0 Å². The molecule has 0 aliphatic carbocycles. The minimum atomic E-state index is -4.99. The molecule has 1 amide bonds. The van der Waals surface area contributed by atoms with Crippen molar-refractivity contribution in [2.24, 2.45) is 0 Å². The topological polar surface area (TPSA) is 114 Å². The summed E-state index contributed by atoms with van der Waals surface area (Å²) in [4.78, 5) is 26.6. The van der Waals surface area contributed by atoms with Crippen LogP contribution >= 0.6 is 0 Å². The van der Waals surface area contributed by atoms with Gasteiger partial charge in [0, 0.05) is 29.6 Å². The molecule has 9 nitrogen and oxygen atoms in total. The molecule has 4 aromatic rings. The van der Waals surface area contributed by atoms with Gasteiger partial charge in [-0.25, -0.2) is 18.1 Å². The number of halogens is 3. The smallest absolute Gasteiger partial charge is 0.423 e.